The van der Waals surface area contributed by atoms with Crippen LogP contribution in [0.4, 0.5) is 0 Å². The number of carboxylic acid groups (broad SMARTS) is 1. The topological polar surface area (TPSA) is 75.6 Å². The van der Waals surface area contributed by atoms with Crippen LogP contribution in [0.3, 0.4) is 0 Å². The quantitative estimate of drug-likeness (QED) is 0.577. The van der Waals surface area contributed by atoms with E-state index in [1.807, 2.05) is 55.5 Å². The summed E-state index contributed by atoms with van der Waals surface area (Å²) >= 11 is 0. The van der Waals surface area contributed by atoms with Crippen molar-refractivity contribution in [3.8, 4) is 5.75 Å². The summed E-state index contributed by atoms with van der Waals surface area (Å²) in [5.41, 5.74) is 0.465. The first-order valence-electron chi connectivity index (χ1n) is 10.3. The second-order valence-corrected chi connectivity index (χ2v) is 7.96. The lowest BCUT2D eigenvalue weighted by Gasteiger charge is -2.20. The third-order valence-corrected chi connectivity index (χ3v) is 5.64. The smallest absolute Gasteiger partial charge is 0.329 e. The zero-order valence-corrected chi connectivity index (χ0v) is 16.9. The highest BCUT2D eigenvalue weighted by molar-refractivity contribution is 6.05. The fraction of sp³-hybridized carbons (Fsp3) is 0.280. The van der Waals surface area contributed by atoms with Crippen LogP contribution >= 0.6 is 0 Å². The van der Waals surface area contributed by atoms with Gasteiger partial charge in [-0.2, -0.15) is 0 Å². The number of hydrogen-bond acceptors (Lipinski definition) is 3. The molecule has 4 rings (SSSR count). The SMILES string of the molecule is CC(CCc1ccccc1)Oc1c(C(=O)NC2(C(=O)O)CC2)ccc2ccccc12. The maximum absolute atomic E-state index is 13.0. The molecule has 0 spiro atoms. The monoisotopic (exact) mass is 403 g/mol. The zero-order chi connectivity index (χ0) is 21.1. The maximum atomic E-state index is 13.0. The lowest BCUT2D eigenvalue weighted by molar-refractivity contribution is -0.140. The average Bonchev–Trinajstić information content (AvgIpc) is 3.54. The highest BCUT2D eigenvalue weighted by Crippen LogP contribution is 2.37. The van der Waals surface area contributed by atoms with Gasteiger partial charge in [0.2, 0.25) is 0 Å². The average molecular weight is 403 g/mol. The number of ether oxygens (including phenoxy) is 1. The molecule has 5 nitrogen and oxygen atoms in total. The second kappa shape index (κ2) is 8.19. The second-order valence-electron chi connectivity index (χ2n) is 7.96. The Hall–Kier alpha value is -3.34. The van der Waals surface area contributed by atoms with Crippen LogP contribution in [-0.2, 0) is 11.2 Å². The Bertz CT molecular complexity index is 1070. The summed E-state index contributed by atoms with van der Waals surface area (Å²) in [7, 11) is 0. The largest absolute Gasteiger partial charge is 0.489 e. The molecule has 3 aromatic rings. The Kier molecular flexibility index (Phi) is 5.44. The van der Waals surface area contributed by atoms with Gasteiger partial charge in [0.25, 0.3) is 5.91 Å². The van der Waals surface area contributed by atoms with E-state index >= 15 is 0 Å². The Labute approximate surface area is 175 Å². The number of hydrogen-bond donors (Lipinski definition) is 2. The molecule has 1 aliphatic carbocycles. The van der Waals surface area contributed by atoms with Gasteiger partial charge >= 0.3 is 5.97 Å². The molecule has 0 bridgehead atoms. The van der Waals surface area contributed by atoms with Crippen molar-refractivity contribution in [3.05, 3.63) is 77.9 Å². The maximum Gasteiger partial charge on any atom is 0.329 e. The minimum Gasteiger partial charge on any atom is -0.489 e. The van der Waals surface area contributed by atoms with Crippen molar-refractivity contribution in [2.75, 3.05) is 0 Å². The Morgan fingerprint density at radius 2 is 1.73 bits per heavy atom. The summed E-state index contributed by atoms with van der Waals surface area (Å²) in [6, 6.07) is 21.5. The number of benzene rings is 3. The molecule has 1 aliphatic rings. The molecular formula is C25H25NO4. The normalized spacial score (nSPS) is 15.4. The molecule has 3 aromatic carbocycles. The van der Waals surface area contributed by atoms with Gasteiger partial charge in [-0.25, -0.2) is 4.79 Å². The third kappa shape index (κ3) is 4.15. The van der Waals surface area contributed by atoms with Crippen molar-refractivity contribution in [2.24, 2.45) is 0 Å². The van der Waals surface area contributed by atoms with E-state index in [0.29, 0.717) is 24.2 Å². The van der Waals surface area contributed by atoms with Crippen LogP contribution in [-0.4, -0.2) is 28.6 Å². The predicted octanol–water partition coefficient (Wildman–Crippen LogP) is 4.59. The Morgan fingerprint density at radius 3 is 2.43 bits per heavy atom. The highest BCUT2D eigenvalue weighted by Gasteiger charge is 2.52. The lowest BCUT2D eigenvalue weighted by Crippen LogP contribution is -2.43. The van der Waals surface area contributed by atoms with Crippen molar-refractivity contribution in [3.63, 3.8) is 0 Å². The van der Waals surface area contributed by atoms with Gasteiger partial charge in [0, 0.05) is 5.39 Å². The fourth-order valence-electron chi connectivity index (χ4n) is 3.63. The molecule has 5 heteroatoms. The van der Waals surface area contributed by atoms with Gasteiger partial charge in [-0.15, -0.1) is 0 Å². The number of amides is 1. The van der Waals surface area contributed by atoms with E-state index in [-0.39, 0.29) is 6.10 Å². The van der Waals surface area contributed by atoms with Gasteiger partial charge in [0.1, 0.15) is 11.3 Å². The first-order valence-corrected chi connectivity index (χ1v) is 10.3. The molecule has 2 N–H and O–H groups in total. The fourth-order valence-corrected chi connectivity index (χ4v) is 3.63. The zero-order valence-electron chi connectivity index (χ0n) is 16.9. The van der Waals surface area contributed by atoms with Gasteiger partial charge in [-0.05, 0) is 49.6 Å². The number of rotatable bonds is 8. The van der Waals surface area contributed by atoms with E-state index < -0.39 is 17.4 Å². The summed E-state index contributed by atoms with van der Waals surface area (Å²) in [6.07, 6.45) is 2.46. The summed E-state index contributed by atoms with van der Waals surface area (Å²) in [5.74, 6) is -0.895. The Morgan fingerprint density at radius 1 is 1.03 bits per heavy atom. The van der Waals surface area contributed by atoms with Crippen molar-refractivity contribution in [1.82, 2.24) is 5.32 Å². The number of carbonyl (C=O) groups is 2. The molecule has 1 fully saturated rings. The highest BCUT2D eigenvalue weighted by atomic mass is 16.5. The predicted molar refractivity (Wildman–Crippen MR) is 116 cm³/mol. The van der Waals surface area contributed by atoms with Gasteiger partial charge in [-0.1, -0.05) is 60.7 Å². The summed E-state index contributed by atoms with van der Waals surface area (Å²) in [6.45, 7) is 1.99. The molecule has 30 heavy (non-hydrogen) atoms. The van der Waals surface area contributed by atoms with E-state index in [2.05, 4.69) is 17.4 Å². The summed E-state index contributed by atoms with van der Waals surface area (Å²) in [5, 5.41) is 13.9. The van der Waals surface area contributed by atoms with Gasteiger partial charge in [-0.3, -0.25) is 4.79 Å². The third-order valence-electron chi connectivity index (χ3n) is 5.64. The molecule has 1 unspecified atom stereocenters. The van der Waals surface area contributed by atoms with Crippen LogP contribution in [0.1, 0.15) is 42.1 Å². The number of fused-ring (bicyclic) bond motifs is 1. The minimum absolute atomic E-state index is 0.114. The van der Waals surface area contributed by atoms with E-state index in [0.717, 1.165) is 23.6 Å². The number of nitrogens with one attached hydrogen (secondary N) is 1. The van der Waals surface area contributed by atoms with Crippen molar-refractivity contribution < 1.29 is 19.4 Å². The van der Waals surface area contributed by atoms with E-state index in [9.17, 15) is 14.7 Å². The number of aliphatic carboxylic acids is 1. The van der Waals surface area contributed by atoms with Crippen LogP contribution < -0.4 is 10.1 Å². The molecule has 0 radical (unpaired) electrons. The molecule has 0 aliphatic heterocycles. The standard InChI is InChI=1S/C25H25NO4/c1-17(11-12-18-7-3-2-4-8-18)30-22-20-10-6-5-9-19(20)13-14-21(22)23(27)26-25(15-16-25)24(28)29/h2-10,13-14,17H,11-12,15-16H2,1H3,(H,26,27)(H,28,29). The molecule has 1 saturated carbocycles. The molecule has 0 saturated heterocycles. The van der Waals surface area contributed by atoms with Crippen molar-refractivity contribution >= 4 is 22.6 Å². The van der Waals surface area contributed by atoms with Crippen molar-refractivity contribution in [1.29, 1.82) is 0 Å². The van der Waals surface area contributed by atoms with Crippen LogP contribution in [0.25, 0.3) is 10.8 Å². The minimum atomic E-state index is -1.14. The van der Waals surface area contributed by atoms with Crippen LogP contribution in [0, 0.1) is 0 Å². The molecule has 0 heterocycles. The number of carbonyl (C=O) groups excluding carboxylic acids is 1. The van der Waals surface area contributed by atoms with Gasteiger partial charge in [0.05, 0.1) is 11.7 Å². The molecular weight excluding hydrogens is 378 g/mol. The Balaban J connectivity index is 1.59. The molecule has 1 amide bonds. The molecule has 0 aromatic heterocycles. The van der Waals surface area contributed by atoms with Crippen LogP contribution in [0.2, 0.25) is 0 Å². The first kappa shape index (κ1) is 20.0. The first-order chi connectivity index (χ1) is 14.5. The summed E-state index contributed by atoms with van der Waals surface area (Å²) in [4.78, 5) is 24.5. The van der Waals surface area contributed by atoms with E-state index in [4.69, 9.17) is 4.74 Å². The number of carboxylic acids is 1. The molecule has 1 atom stereocenters. The van der Waals surface area contributed by atoms with Crippen LogP contribution in [0.15, 0.2) is 66.7 Å². The van der Waals surface area contributed by atoms with E-state index in [1.165, 1.54) is 5.56 Å². The number of aryl methyl sites for hydroxylation is 1. The lowest BCUT2D eigenvalue weighted by atomic mass is 10.0. The van der Waals surface area contributed by atoms with Crippen molar-refractivity contribution in [2.45, 2.75) is 44.2 Å². The molecule has 154 valence electrons. The van der Waals surface area contributed by atoms with E-state index in [1.54, 1.807) is 6.07 Å². The van der Waals surface area contributed by atoms with Gasteiger partial charge in [0.15, 0.2) is 0 Å². The summed E-state index contributed by atoms with van der Waals surface area (Å²) < 4.78 is 6.29. The van der Waals surface area contributed by atoms with Gasteiger partial charge < -0.3 is 15.2 Å². The van der Waals surface area contributed by atoms with Crippen LogP contribution in [0.5, 0.6) is 5.75 Å².